The van der Waals surface area contributed by atoms with Crippen molar-refractivity contribution in [3.05, 3.63) is 21.9 Å². The molecule has 1 aliphatic carbocycles. The van der Waals surface area contributed by atoms with E-state index < -0.39 is 0 Å². The highest BCUT2D eigenvalue weighted by Crippen LogP contribution is 2.29. The molecular formula is C15H24N2OS. The van der Waals surface area contributed by atoms with Crippen LogP contribution in [-0.2, 0) is 4.79 Å². The van der Waals surface area contributed by atoms with E-state index in [9.17, 15) is 4.79 Å². The van der Waals surface area contributed by atoms with Crippen LogP contribution in [0.5, 0.6) is 0 Å². The van der Waals surface area contributed by atoms with Crippen LogP contribution in [0.2, 0.25) is 0 Å². The van der Waals surface area contributed by atoms with Crippen molar-refractivity contribution < 1.29 is 4.79 Å². The third-order valence-corrected chi connectivity index (χ3v) is 5.28. The van der Waals surface area contributed by atoms with Crippen LogP contribution >= 0.6 is 11.3 Å². The molecule has 1 amide bonds. The molecule has 1 heterocycles. The third-order valence-electron chi connectivity index (χ3n) is 4.10. The van der Waals surface area contributed by atoms with Gasteiger partial charge < -0.3 is 11.1 Å². The number of amides is 1. The van der Waals surface area contributed by atoms with E-state index >= 15 is 0 Å². The Kier molecular flexibility index (Phi) is 4.99. The van der Waals surface area contributed by atoms with Gasteiger partial charge in [-0.05, 0) is 64.1 Å². The zero-order valence-electron chi connectivity index (χ0n) is 11.8. The molecule has 0 spiro atoms. The Morgan fingerprint density at radius 3 is 2.63 bits per heavy atom. The van der Waals surface area contributed by atoms with Gasteiger partial charge in [0.1, 0.15) is 0 Å². The SMILES string of the molecule is Cc1ccc(C(C)NC(=O)C2CCC(CN)CC2)s1. The van der Waals surface area contributed by atoms with Gasteiger partial charge in [-0.25, -0.2) is 0 Å². The van der Waals surface area contributed by atoms with Gasteiger partial charge in [0.15, 0.2) is 0 Å². The molecule has 1 atom stereocenters. The van der Waals surface area contributed by atoms with E-state index in [-0.39, 0.29) is 17.9 Å². The Morgan fingerprint density at radius 1 is 1.42 bits per heavy atom. The van der Waals surface area contributed by atoms with Crippen LogP contribution in [0.4, 0.5) is 0 Å². The van der Waals surface area contributed by atoms with Crippen LogP contribution in [0.1, 0.15) is 48.4 Å². The molecule has 106 valence electrons. The standard InChI is InChI=1S/C15H24N2OS/c1-10-3-8-14(19-10)11(2)17-15(18)13-6-4-12(9-16)5-7-13/h3,8,11-13H,4-7,9,16H2,1-2H3,(H,17,18). The summed E-state index contributed by atoms with van der Waals surface area (Å²) in [6, 6.07) is 4.34. The number of rotatable bonds is 4. The number of aryl methyl sites for hydroxylation is 1. The molecule has 0 radical (unpaired) electrons. The second-order valence-corrected chi connectivity index (χ2v) is 6.95. The van der Waals surface area contributed by atoms with Gasteiger partial charge in [0.05, 0.1) is 6.04 Å². The summed E-state index contributed by atoms with van der Waals surface area (Å²) in [5, 5.41) is 3.15. The summed E-state index contributed by atoms with van der Waals surface area (Å²) in [4.78, 5) is 14.8. The lowest BCUT2D eigenvalue weighted by Gasteiger charge is -2.27. The van der Waals surface area contributed by atoms with Crippen molar-refractivity contribution >= 4 is 17.2 Å². The third kappa shape index (κ3) is 3.80. The minimum Gasteiger partial charge on any atom is -0.349 e. The van der Waals surface area contributed by atoms with E-state index in [0.717, 1.165) is 32.2 Å². The van der Waals surface area contributed by atoms with E-state index in [1.807, 2.05) is 0 Å². The lowest BCUT2D eigenvalue weighted by molar-refractivity contribution is -0.126. The molecule has 3 N–H and O–H groups in total. The monoisotopic (exact) mass is 280 g/mol. The average Bonchev–Trinajstić information content (AvgIpc) is 2.85. The van der Waals surface area contributed by atoms with Crippen molar-refractivity contribution in [1.82, 2.24) is 5.32 Å². The van der Waals surface area contributed by atoms with Crippen LogP contribution < -0.4 is 11.1 Å². The number of hydrogen-bond acceptors (Lipinski definition) is 3. The van der Waals surface area contributed by atoms with E-state index in [4.69, 9.17) is 5.73 Å². The van der Waals surface area contributed by atoms with Crippen molar-refractivity contribution in [3.63, 3.8) is 0 Å². The zero-order valence-corrected chi connectivity index (χ0v) is 12.6. The first-order valence-corrected chi connectivity index (χ1v) is 7.98. The summed E-state index contributed by atoms with van der Waals surface area (Å²) in [6.45, 7) is 4.92. The van der Waals surface area contributed by atoms with Gasteiger partial charge in [-0.1, -0.05) is 0 Å². The highest BCUT2D eigenvalue weighted by molar-refractivity contribution is 7.12. The maximum absolute atomic E-state index is 12.2. The van der Waals surface area contributed by atoms with E-state index in [0.29, 0.717) is 5.92 Å². The molecule has 19 heavy (non-hydrogen) atoms. The maximum Gasteiger partial charge on any atom is 0.223 e. The molecule has 4 heteroatoms. The summed E-state index contributed by atoms with van der Waals surface area (Å²) in [5.41, 5.74) is 5.68. The molecule has 3 nitrogen and oxygen atoms in total. The fraction of sp³-hybridized carbons (Fsp3) is 0.667. The van der Waals surface area contributed by atoms with Crippen LogP contribution in [-0.4, -0.2) is 12.5 Å². The predicted molar refractivity (Wildman–Crippen MR) is 80.1 cm³/mol. The van der Waals surface area contributed by atoms with Crippen LogP contribution in [0.3, 0.4) is 0 Å². The summed E-state index contributed by atoms with van der Waals surface area (Å²) >= 11 is 1.76. The number of nitrogens with two attached hydrogens (primary N) is 1. The minimum atomic E-state index is 0.124. The molecule has 2 rings (SSSR count). The summed E-state index contributed by atoms with van der Waals surface area (Å²) < 4.78 is 0. The van der Waals surface area contributed by atoms with Crippen LogP contribution in [0.25, 0.3) is 0 Å². The van der Waals surface area contributed by atoms with Gasteiger partial charge in [0.25, 0.3) is 0 Å². The largest absolute Gasteiger partial charge is 0.349 e. The minimum absolute atomic E-state index is 0.124. The number of carbonyl (C=O) groups excluding carboxylic acids is 1. The molecule has 0 bridgehead atoms. The smallest absolute Gasteiger partial charge is 0.223 e. The molecule has 1 aromatic rings. The van der Waals surface area contributed by atoms with Crippen molar-refractivity contribution in [1.29, 1.82) is 0 Å². The summed E-state index contributed by atoms with van der Waals surface area (Å²) in [7, 11) is 0. The molecular weight excluding hydrogens is 256 g/mol. The van der Waals surface area contributed by atoms with Gasteiger partial charge >= 0.3 is 0 Å². The molecule has 0 saturated heterocycles. The lowest BCUT2D eigenvalue weighted by atomic mass is 9.81. The number of nitrogens with one attached hydrogen (secondary N) is 1. The second kappa shape index (κ2) is 6.53. The van der Waals surface area contributed by atoms with Crippen molar-refractivity contribution in [2.24, 2.45) is 17.6 Å². The van der Waals surface area contributed by atoms with Gasteiger partial charge in [-0.3, -0.25) is 4.79 Å². The van der Waals surface area contributed by atoms with E-state index in [1.54, 1.807) is 11.3 Å². The van der Waals surface area contributed by atoms with Gasteiger partial charge in [0.2, 0.25) is 5.91 Å². The average molecular weight is 280 g/mol. The number of carbonyl (C=O) groups is 1. The normalized spacial score (nSPS) is 25.0. The molecule has 1 aromatic heterocycles. The number of thiophene rings is 1. The first kappa shape index (κ1) is 14.5. The molecule has 1 saturated carbocycles. The maximum atomic E-state index is 12.2. The Balaban J connectivity index is 1.84. The molecule has 1 aliphatic rings. The highest BCUT2D eigenvalue weighted by Gasteiger charge is 2.26. The van der Waals surface area contributed by atoms with Crippen molar-refractivity contribution in [2.75, 3.05) is 6.54 Å². The van der Waals surface area contributed by atoms with Crippen molar-refractivity contribution in [2.45, 2.75) is 45.6 Å². The summed E-state index contributed by atoms with van der Waals surface area (Å²) in [5.74, 6) is 1.03. The topological polar surface area (TPSA) is 55.1 Å². The Hall–Kier alpha value is -0.870. The molecule has 1 fully saturated rings. The fourth-order valence-corrected chi connectivity index (χ4v) is 3.63. The highest BCUT2D eigenvalue weighted by atomic mass is 32.1. The van der Waals surface area contributed by atoms with Crippen LogP contribution in [0, 0.1) is 18.8 Å². The Labute approximate surface area is 119 Å². The van der Waals surface area contributed by atoms with E-state index in [2.05, 4.69) is 31.3 Å². The first-order valence-electron chi connectivity index (χ1n) is 7.17. The number of hydrogen-bond donors (Lipinski definition) is 2. The lowest BCUT2D eigenvalue weighted by Crippen LogP contribution is -2.35. The quantitative estimate of drug-likeness (QED) is 0.891. The van der Waals surface area contributed by atoms with Crippen LogP contribution in [0.15, 0.2) is 12.1 Å². The summed E-state index contributed by atoms with van der Waals surface area (Å²) in [6.07, 6.45) is 4.18. The molecule has 0 aliphatic heterocycles. The fourth-order valence-electron chi connectivity index (χ4n) is 2.75. The predicted octanol–water partition coefficient (Wildman–Crippen LogP) is 3.00. The van der Waals surface area contributed by atoms with Crippen molar-refractivity contribution in [3.8, 4) is 0 Å². The molecule has 0 aromatic carbocycles. The first-order chi connectivity index (χ1) is 9.10. The van der Waals surface area contributed by atoms with Gasteiger partial charge in [0, 0.05) is 15.7 Å². The molecule has 1 unspecified atom stereocenters. The second-order valence-electron chi connectivity index (χ2n) is 5.63. The Bertz CT molecular complexity index is 422. The van der Waals surface area contributed by atoms with Gasteiger partial charge in [-0.2, -0.15) is 0 Å². The Morgan fingerprint density at radius 2 is 2.11 bits per heavy atom. The van der Waals surface area contributed by atoms with E-state index in [1.165, 1.54) is 9.75 Å². The van der Waals surface area contributed by atoms with Gasteiger partial charge in [-0.15, -0.1) is 11.3 Å². The zero-order chi connectivity index (χ0) is 13.8.